The highest BCUT2D eigenvalue weighted by Gasteiger charge is 2.31. The van der Waals surface area contributed by atoms with E-state index < -0.39 is 11.7 Å². The Hall–Kier alpha value is -1.62. The SMILES string of the molecule is COCC(Nc1ccc(F)c(C(N)=O)c1)C1CC1. The molecule has 1 aliphatic rings. The minimum Gasteiger partial charge on any atom is -0.383 e. The van der Waals surface area contributed by atoms with Gasteiger partial charge in [-0.05, 0) is 37.0 Å². The number of nitrogens with one attached hydrogen (secondary N) is 1. The molecule has 1 aliphatic carbocycles. The zero-order valence-corrected chi connectivity index (χ0v) is 10.3. The van der Waals surface area contributed by atoms with Gasteiger partial charge >= 0.3 is 0 Å². The van der Waals surface area contributed by atoms with E-state index in [2.05, 4.69) is 5.32 Å². The normalized spacial score (nSPS) is 16.3. The molecule has 1 aromatic carbocycles. The molecule has 0 spiro atoms. The zero-order valence-electron chi connectivity index (χ0n) is 10.3. The van der Waals surface area contributed by atoms with Gasteiger partial charge in [0, 0.05) is 12.8 Å². The maximum atomic E-state index is 13.3. The Labute approximate surface area is 105 Å². The first-order chi connectivity index (χ1) is 8.61. The van der Waals surface area contributed by atoms with E-state index in [1.165, 1.54) is 25.0 Å². The van der Waals surface area contributed by atoms with Crippen molar-refractivity contribution in [2.24, 2.45) is 11.7 Å². The third-order valence-electron chi connectivity index (χ3n) is 3.12. The predicted molar refractivity (Wildman–Crippen MR) is 66.9 cm³/mol. The summed E-state index contributed by atoms with van der Waals surface area (Å²) in [6.45, 7) is 0.591. The predicted octanol–water partition coefficient (Wildman–Crippen LogP) is 1.76. The van der Waals surface area contributed by atoms with Gasteiger partial charge in [-0.3, -0.25) is 4.79 Å². The van der Waals surface area contributed by atoms with E-state index in [0.29, 0.717) is 18.2 Å². The molecule has 0 saturated heterocycles. The molecule has 18 heavy (non-hydrogen) atoms. The van der Waals surface area contributed by atoms with Crippen molar-refractivity contribution in [2.45, 2.75) is 18.9 Å². The van der Waals surface area contributed by atoms with E-state index in [1.807, 2.05) is 0 Å². The molecule has 4 nitrogen and oxygen atoms in total. The second-order valence-corrected chi connectivity index (χ2v) is 4.60. The molecule has 0 heterocycles. The number of primary amides is 1. The summed E-state index contributed by atoms with van der Waals surface area (Å²) in [5, 5.41) is 3.26. The van der Waals surface area contributed by atoms with Gasteiger partial charge in [-0.15, -0.1) is 0 Å². The van der Waals surface area contributed by atoms with Gasteiger partial charge in [-0.2, -0.15) is 0 Å². The Morgan fingerprint density at radius 1 is 1.61 bits per heavy atom. The van der Waals surface area contributed by atoms with Crippen LogP contribution in [0, 0.1) is 11.7 Å². The molecule has 98 valence electrons. The molecule has 1 amide bonds. The van der Waals surface area contributed by atoms with Crippen LogP contribution in [0.5, 0.6) is 0 Å². The van der Waals surface area contributed by atoms with E-state index in [9.17, 15) is 9.18 Å². The standard InChI is InChI=1S/C13H17FN2O2/c1-18-7-12(8-2-3-8)16-9-4-5-11(14)10(6-9)13(15)17/h4-6,8,12,16H,2-3,7H2,1H3,(H2,15,17). The Bertz CT molecular complexity index is 447. The van der Waals surface area contributed by atoms with Gasteiger partial charge in [0.15, 0.2) is 0 Å². The lowest BCUT2D eigenvalue weighted by Crippen LogP contribution is -2.27. The molecule has 0 bridgehead atoms. The lowest BCUT2D eigenvalue weighted by molar-refractivity contribution is 0.0996. The fourth-order valence-corrected chi connectivity index (χ4v) is 1.99. The molecule has 1 unspecified atom stereocenters. The summed E-state index contributed by atoms with van der Waals surface area (Å²) in [5.41, 5.74) is 5.72. The van der Waals surface area contributed by atoms with Crippen LogP contribution >= 0.6 is 0 Å². The van der Waals surface area contributed by atoms with E-state index in [4.69, 9.17) is 10.5 Å². The monoisotopic (exact) mass is 252 g/mol. The summed E-state index contributed by atoms with van der Waals surface area (Å²) in [6, 6.07) is 4.50. The van der Waals surface area contributed by atoms with Crippen LogP contribution in [0.15, 0.2) is 18.2 Å². The second-order valence-electron chi connectivity index (χ2n) is 4.60. The number of carbonyl (C=O) groups is 1. The molecule has 0 aliphatic heterocycles. The van der Waals surface area contributed by atoms with E-state index in [-0.39, 0.29) is 11.6 Å². The average Bonchev–Trinajstić information content (AvgIpc) is 3.14. The van der Waals surface area contributed by atoms with Crippen LogP contribution in [0.2, 0.25) is 0 Å². The molecule has 2 rings (SSSR count). The Morgan fingerprint density at radius 2 is 2.33 bits per heavy atom. The van der Waals surface area contributed by atoms with Crippen molar-refractivity contribution in [2.75, 3.05) is 19.0 Å². The van der Waals surface area contributed by atoms with Gasteiger partial charge in [0.1, 0.15) is 5.82 Å². The van der Waals surface area contributed by atoms with Crippen LogP contribution in [0.25, 0.3) is 0 Å². The summed E-state index contributed by atoms with van der Waals surface area (Å²) < 4.78 is 18.5. The largest absolute Gasteiger partial charge is 0.383 e. The first kappa shape index (κ1) is 12.8. The van der Waals surface area contributed by atoms with E-state index >= 15 is 0 Å². The maximum Gasteiger partial charge on any atom is 0.251 e. The second kappa shape index (κ2) is 5.35. The van der Waals surface area contributed by atoms with Gasteiger partial charge in [0.05, 0.1) is 18.2 Å². The Kier molecular flexibility index (Phi) is 3.81. The van der Waals surface area contributed by atoms with Crippen molar-refractivity contribution in [1.29, 1.82) is 0 Å². The van der Waals surface area contributed by atoms with E-state index in [0.717, 1.165) is 0 Å². The zero-order chi connectivity index (χ0) is 13.1. The lowest BCUT2D eigenvalue weighted by atomic mass is 10.1. The van der Waals surface area contributed by atoms with Crippen LogP contribution in [-0.2, 0) is 4.74 Å². The van der Waals surface area contributed by atoms with Crippen molar-refractivity contribution in [3.63, 3.8) is 0 Å². The molecule has 0 aromatic heterocycles. The number of halogens is 1. The van der Waals surface area contributed by atoms with Gasteiger partial charge in [0.25, 0.3) is 5.91 Å². The fourth-order valence-electron chi connectivity index (χ4n) is 1.99. The van der Waals surface area contributed by atoms with Gasteiger partial charge in [-0.25, -0.2) is 4.39 Å². The number of amides is 1. The van der Waals surface area contributed by atoms with Crippen LogP contribution in [0.4, 0.5) is 10.1 Å². The van der Waals surface area contributed by atoms with Crippen molar-refractivity contribution < 1.29 is 13.9 Å². The number of benzene rings is 1. The third-order valence-corrected chi connectivity index (χ3v) is 3.12. The van der Waals surface area contributed by atoms with Crippen molar-refractivity contribution in [1.82, 2.24) is 0 Å². The van der Waals surface area contributed by atoms with Crippen LogP contribution in [0.1, 0.15) is 23.2 Å². The summed E-state index contributed by atoms with van der Waals surface area (Å²) in [5.74, 6) is -0.763. The van der Waals surface area contributed by atoms with Gasteiger partial charge in [-0.1, -0.05) is 0 Å². The number of ether oxygens (including phenoxy) is 1. The van der Waals surface area contributed by atoms with Crippen LogP contribution < -0.4 is 11.1 Å². The maximum absolute atomic E-state index is 13.3. The van der Waals surface area contributed by atoms with Crippen molar-refractivity contribution in [3.8, 4) is 0 Å². The summed E-state index contributed by atoms with van der Waals surface area (Å²) in [7, 11) is 1.65. The highest BCUT2D eigenvalue weighted by molar-refractivity contribution is 5.94. The smallest absolute Gasteiger partial charge is 0.251 e. The summed E-state index contributed by atoms with van der Waals surface area (Å²) >= 11 is 0. The van der Waals surface area contributed by atoms with Crippen LogP contribution in [0.3, 0.4) is 0 Å². The number of hydrogen-bond donors (Lipinski definition) is 2. The molecular weight excluding hydrogens is 235 g/mol. The third kappa shape index (κ3) is 2.98. The number of hydrogen-bond acceptors (Lipinski definition) is 3. The van der Waals surface area contributed by atoms with E-state index in [1.54, 1.807) is 13.2 Å². The van der Waals surface area contributed by atoms with Crippen LogP contribution in [-0.4, -0.2) is 25.7 Å². The molecule has 3 N–H and O–H groups in total. The topological polar surface area (TPSA) is 64.3 Å². The minimum absolute atomic E-state index is 0.0908. The number of carbonyl (C=O) groups excluding carboxylic acids is 1. The molecule has 1 fully saturated rings. The van der Waals surface area contributed by atoms with Crippen molar-refractivity contribution >= 4 is 11.6 Å². The highest BCUT2D eigenvalue weighted by atomic mass is 19.1. The molecule has 1 saturated carbocycles. The number of anilines is 1. The highest BCUT2D eigenvalue weighted by Crippen LogP contribution is 2.34. The Balaban J connectivity index is 2.12. The first-order valence-electron chi connectivity index (χ1n) is 5.96. The molecular formula is C13H17FN2O2. The molecule has 1 atom stereocenters. The first-order valence-corrected chi connectivity index (χ1v) is 5.96. The lowest BCUT2D eigenvalue weighted by Gasteiger charge is -2.19. The molecule has 1 aromatic rings. The summed E-state index contributed by atoms with van der Waals surface area (Å²) in [4.78, 5) is 11.1. The average molecular weight is 252 g/mol. The molecule has 0 radical (unpaired) electrons. The Morgan fingerprint density at radius 3 is 2.89 bits per heavy atom. The number of methoxy groups -OCH3 is 1. The fraction of sp³-hybridized carbons (Fsp3) is 0.462. The number of rotatable bonds is 6. The van der Waals surface area contributed by atoms with Gasteiger partial charge in [0.2, 0.25) is 0 Å². The minimum atomic E-state index is -0.758. The van der Waals surface area contributed by atoms with Gasteiger partial charge < -0.3 is 15.8 Å². The quantitative estimate of drug-likeness (QED) is 0.810. The molecule has 5 heteroatoms. The van der Waals surface area contributed by atoms with Crippen molar-refractivity contribution in [3.05, 3.63) is 29.6 Å². The summed E-state index contributed by atoms with van der Waals surface area (Å²) in [6.07, 6.45) is 2.34. The number of nitrogens with two attached hydrogens (primary N) is 1.